The van der Waals surface area contributed by atoms with E-state index in [9.17, 15) is 24.0 Å². The maximum absolute atomic E-state index is 12.8. The zero-order valence-electron chi connectivity index (χ0n) is 18.5. The van der Waals surface area contributed by atoms with Gasteiger partial charge < -0.3 is 10.2 Å². The molecular weight excluding hydrogens is 428 g/mol. The lowest BCUT2D eigenvalue weighted by molar-refractivity contribution is -0.137. The summed E-state index contributed by atoms with van der Waals surface area (Å²) in [5.41, 5.74) is 3.34. The van der Waals surface area contributed by atoms with Gasteiger partial charge in [-0.3, -0.25) is 34.5 Å². The molecular formula is C23H30N4O6. The lowest BCUT2D eigenvalue weighted by Gasteiger charge is -2.29. The van der Waals surface area contributed by atoms with Gasteiger partial charge in [-0.2, -0.15) is 0 Å². The maximum Gasteiger partial charge on any atom is 0.255 e. The van der Waals surface area contributed by atoms with Crippen molar-refractivity contribution in [2.24, 2.45) is 0 Å². The number of nitrogens with zero attached hydrogens (tertiary/aromatic N) is 1. The first-order valence-corrected chi connectivity index (χ1v) is 11.4. The van der Waals surface area contributed by atoms with E-state index < -0.39 is 11.9 Å². The number of amides is 5. The van der Waals surface area contributed by atoms with Crippen LogP contribution in [0.3, 0.4) is 0 Å². The summed E-state index contributed by atoms with van der Waals surface area (Å²) < 4.78 is 0. The quantitative estimate of drug-likeness (QED) is 0.173. The first-order chi connectivity index (χ1) is 15.9. The number of imide groups is 1. The summed E-state index contributed by atoms with van der Waals surface area (Å²) >= 11 is 0. The number of unbranched alkanes of at least 4 members (excludes halogenated alkanes) is 5. The van der Waals surface area contributed by atoms with Crippen LogP contribution in [0.4, 0.5) is 5.69 Å². The zero-order chi connectivity index (χ0) is 23.8. The van der Waals surface area contributed by atoms with Gasteiger partial charge in [-0.05, 0) is 31.4 Å². The van der Waals surface area contributed by atoms with Gasteiger partial charge in [0.05, 0.1) is 0 Å². The zero-order valence-corrected chi connectivity index (χ0v) is 18.5. The number of piperidine rings is 1. The van der Waals surface area contributed by atoms with Crippen LogP contribution in [-0.4, -0.2) is 45.7 Å². The van der Waals surface area contributed by atoms with Crippen LogP contribution in [0, 0.1) is 0 Å². The summed E-state index contributed by atoms with van der Waals surface area (Å²) in [6.45, 7) is 0.213. The van der Waals surface area contributed by atoms with Crippen molar-refractivity contribution in [3.8, 4) is 0 Å². The predicted octanol–water partition coefficient (Wildman–Crippen LogP) is 2.01. The normalized spacial score (nSPS) is 17.5. The molecule has 2 aliphatic rings. The number of hydroxylamine groups is 1. The predicted molar refractivity (Wildman–Crippen MR) is 118 cm³/mol. The molecule has 1 atom stereocenters. The van der Waals surface area contributed by atoms with E-state index in [1.165, 1.54) is 4.90 Å². The van der Waals surface area contributed by atoms with Crippen molar-refractivity contribution in [3.63, 3.8) is 0 Å². The number of nitrogens with one attached hydrogen (secondary N) is 3. The van der Waals surface area contributed by atoms with Gasteiger partial charge in [0.15, 0.2) is 0 Å². The van der Waals surface area contributed by atoms with Crippen LogP contribution in [0.1, 0.15) is 80.1 Å². The van der Waals surface area contributed by atoms with Gasteiger partial charge in [0.2, 0.25) is 23.6 Å². The third-order valence-corrected chi connectivity index (χ3v) is 6.04. The van der Waals surface area contributed by atoms with Crippen molar-refractivity contribution in [1.29, 1.82) is 0 Å². The highest BCUT2D eigenvalue weighted by Gasteiger charge is 2.39. The summed E-state index contributed by atoms with van der Waals surface area (Å²) in [7, 11) is 0. The summed E-state index contributed by atoms with van der Waals surface area (Å²) in [4.78, 5) is 61.3. The lowest BCUT2D eigenvalue weighted by atomic mass is 10.0. The van der Waals surface area contributed by atoms with Gasteiger partial charge >= 0.3 is 0 Å². The average Bonchev–Trinajstić information content (AvgIpc) is 3.12. The smallest absolute Gasteiger partial charge is 0.255 e. The molecule has 0 bridgehead atoms. The van der Waals surface area contributed by atoms with Crippen LogP contribution in [0.2, 0.25) is 0 Å². The van der Waals surface area contributed by atoms with E-state index in [4.69, 9.17) is 5.21 Å². The van der Waals surface area contributed by atoms with Gasteiger partial charge in [0.25, 0.3) is 5.91 Å². The Morgan fingerprint density at radius 1 is 1.00 bits per heavy atom. The van der Waals surface area contributed by atoms with E-state index in [-0.39, 0.29) is 36.6 Å². The molecule has 1 aromatic rings. The van der Waals surface area contributed by atoms with Gasteiger partial charge in [-0.1, -0.05) is 31.7 Å². The fraction of sp³-hybridized carbons (Fsp3) is 0.522. The number of fused-ring (bicyclic) bond motifs is 1. The number of benzene rings is 1. The molecule has 178 valence electrons. The Labute approximate surface area is 192 Å². The summed E-state index contributed by atoms with van der Waals surface area (Å²) in [5, 5.41) is 13.6. The molecule has 0 radical (unpaired) electrons. The summed E-state index contributed by atoms with van der Waals surface area (Å²) in [5.74, 6) is -1.57. The van der Waals surface area contributed by atoms with Gasteiger partial charge in [0.1, 0.15) is 6.04 Å². The number of anilines is 1. The SMILES string of the molecule is O=C(CCCCCCCCC(=O)Nc1cccc2c1CN(C1CCC(=O)NC1=O)C2=O)NO. The van der Waals surface area contributed by atoms with E-state index >= 15 is 0 Å². The molecule has 10 nitrogen and oxygen atoms in total. The third-order valence-electron chi connectivity index (χ3n) is 6.04. The average molecular weight is 459 g/mol. The highest BCUT2D eigenvalue weighted by molar-refractivity contribution is 6.06. The van der Waals surface area contributed by atoms with Crippen molar-refractivity contribution in [2.75, 3.05) is 5.32 Å². The molecule has 2 heterocycles. The van der Waals surface area contributed by atoms with Crippen LogP contribution in [0.5, 0.6) is 0 Å². The molecule has 2 aliphatic heterocycles. The molecule has 3 rings (SSSR count). The molecule has 0 spiro atoms. The fourth-order valence-corrected chi connectivity index (χ4v) is 4.25. The third kappa shape index (κ3) is 6.38. The van der Waals surface area contributed by atoms with E-state index in [0.717, 1.165) is 38.5 Å². The molecule has 4 N–H and O–H groups in total. The molecule has 33 heavy (non-hydrogen) atoms. The van der Waals surface area contributed by atoms with Gasteiger partial charge in [-0.15, -0.1) is 0 Å². The minimum absolute atomic E-state index is 0.130. The van der Waals surface area contributed by atoms with Crippen molar-refractivity contribution in [3.05, 3.63) is 29.3 Å². The molecule has 10 heteroatoms. The second-order valence-electron chi connectivity index (χ2n) is 8.44. The highest BCUT2D eigenvalue weighted by Crippen LogP contribution is 2.32. The van der Waals surface area contributed by atoms with E-state index in [1.807, 2.05) is 0 Å². The van der Waals surface area contributed by atoms with Crippen LogP contribution in [0.25, 0.3) is 0 Å². The van der Waals surface area contributed by atoms with E-state index in [2.05, 4.69) is 10.6 Å². The van der Waals surface area contributed by atoms with Crippen molar-refractivity contribution >= 4 is 35.2 Å². The van der Waals surface area contributed by atoms with E-state index in [0.29, 0.717) is 36.1 Å². The fourth-order valence-electron chi connectivity index (χ4n) is 4.25. The molecule has 0 saturated carbocycles. The number of hydrogen-bond donors (Lipinski definition) is 4. The Kier molecular flexibility index (Phi) is 8.53. The molecule has 1 aromatic carbocycles. The standard InChI is InChI=1S/C23H30N4O6/c28-19(10-5-3-1-2-4-6-11-21(30)26-33)24-17-9-7-8-15-16(17)14-27(23(15)32)18-12-13-20(29)25-22(18)31/h7-9,18,33H,1-6,10-14H2,(H,24,28)(H,26,30)(H,25,29,31). The van der Waals surface area contributed by atoms with Crippen molar-refractivity contribution < 1.29 is 29.2 Å². The van der Waals surface area contributed by atoms with Gasteiger partial charge in [-0.25, -0.2) is 5.48 Å². The Morgan fingerprint density at radius 3 is 2.33 bits per heavy atom. The molecule has 0 aliphatic carbocycles. The number of hydrogen-bond acceptors (Lipinski definition) is 6. The second-order valence-corrected chi connectivity index (χ2v) is 8.44. The number of carbonyl (C=O) groups excluding carboxylic acids is 5. The van der Waals surface area contributed by atoms with Crippen LogP contribution in [-0.2, 0) is 25.7 Å². The topological polar surface area (TPSA) is 145 Å². The van der Waals surface area contributed by atoms with E-state index in [1.54, 1.807) is 23.7 Å². The molecule has 0 aromatic heterocycles. The van der Waals surface area contributed by atoms with Crippen LogP contribution < -0.4 is 16.1 Å². The van der Waals surface area contributed by atoms with Crippen LogP contribution >= 0.6 is 0 Å². The summed E-state index contributed by atoms with van der Waals surface area (Å²) in [6, 6.07) is 4.45. The van der Waals surface area contributed by atoms with Gasteiger partial charge in [0, 0.05) is 42.6 Å². The monoisotopic (exact) mass is 458 g/mol. The first-order valence-electron chi connectivity index (χ1n) is 11.4. The molecule has 1 fully saturated rings. The summed E-state index contributed by atoms with van der Waals surface area (Å²) in [6.07, 6.45) is 6.33. The Bertz CT molecular complexity index is 932. The Hall–Kier alpha value is -3.27. The van der Waals surface area contributed by atoms with Crippen molar-refractivity contribution in [1.82, 2.24) is 15.7 Å². The first kappa shape index (κ1) is 24.4. The molecule has 1 unspecified atom stereocenters. The minimum Gasteiger partial charge on any atom is -0.326 e. The van der Waals surface area contributed by atoms with Crippen molar-refractivity contribution in [2.45, 2.75) is 76.8 Å². The largest absolute Gasteiger partial charge is 0.326 e. The maximum atomic E-state index is 12.8. The Balaban J connectivity index is 1.45. The lowest BCUT2D eigenvalue weighted by Crippen LogP contribution is -2.52. The van der Waals surface area contributed by atoms with Crippen LogP contribution in [0.15, 0.2) is 18.2 Å². The Morgan fingerprint density at radius 2 is 1.67 bits per heavy atom. The molecule has 5 amide bonds. The highest BCUT2D eigenvalue weighted by atomic mass is 16.5. The number of rotatable bonds is 11. The second kappa shape index (κ2) is 11.6. The minimum atomic E-state index is -0.691. The molecule has 1 saturated heterocycles. The number of carbonyl (C=O) groups is 5.